The number of amides is 1. The summed E-state index contributed by atoms with van der Waals surface area (Å²) < 4.78 is 21.0. The monoisotopic (exact) mass is 430 g/mol. The number of anilines is 1. The van der Waals surface area contributed by atoms with Gasteiger partial charge in [-0.2, -0.15) is 0 Å². The van der Waals surface area contributed by atoms with Gasteiger partial charge in [-0.05, 0) is 18.2 Å². The van der Waals surface area contributed by atoms with Gasteiger partial charge in [-0.25, -0.2) is 14.0 Å². The molecule has 0 bridgehead atoms. The first-order valence-corrected chi connectivity index (χ1v) is 9.66. The lowest BCUT2D eigenvalue weighted by atomic mass is 10.2. The maximum Gasteiger partial charge on any atom is 0.331 e. The number of carbonyl (C=O) groups is 2. The Hall–Kier alpha value is -3.69. The Kier molecular flexibility index (Phi) is 6.68. The standard InChI is InChI=1S/C21H23FN4O5/c1-23-13-15(20(29)24(2)21(23)30)7-8-19(28)31-14-18(27)26-11-9-25(10-12-26)17-6-4-3-5-16(17)22/h3-8,13H,9-12,14H2,1-2H3/b8-7+. The van der Waals surface area contributed by atoms with E-state index in [4.69, 9.17) is 4.74 Å². The lowest BCUT2D eigenvalue weighted by molar-refractivity contribution is -0.148. The molecule has 1 aromatic carbocycles. The Balaban J connectivity index is 1.51. The van der Waals surface area contributed by atoms with Gasteiger partial charge in [0.1, 0.15) is 5.82 Å². The van der Waals surface area contributed by atoms with Crippen molar-refractivity contribution >= 4 is 23.6 Å². The van der Waals surface area contributed by atoms with Gasteiger partial charge in [0, 0.05) is 52.5 Å². The number of piperazine rings is 1. The van der Waals surface area contributed by atoms with Crippen LogP contribution in [0.1, 0.15) is 5.56 Å². The maximum absolute atomic E-state index is 13.9. The third kappa shape index (κ3) is 5.08. The third-order valence-corrected chi connectivity index (χ3v) is 5.04. The summed E-state index contributed by atoms with van der Waals surface area (Å²) in [5, 5.41) is 0. The molecule has 164 valence electrons. The smallest absolute Gasteiger partial charge is 0.331 e. The van der Waals surface area contributed by atoms with Crippen LogP contribution in [-0.2, 0) is 28.4 Å². The topological polar surface area (TPSA) is 93.8 Å². The third-order valence-electron chi connectivity index (χ3n) is 5.04. The molecule has 1 aliphatic heterocycles. The van der Waals surface area contributed by atoms with Crippen LogP contribution < -0.4 is 16.1 Å². The van der Waals surface area contributed by atoms with Crippen molar-refractivity contribution in [2.45, 2.75) is 0 Å². The number of halogens is 1. The van der Waals surface area contributed by atoms with E-state index in [0.717, 1.165) is 10.6 Å². The Morgan fingerprint density at radius 2 is 1.77 bits per heavy atom. The second-order valence-corrected chi connectivity index (χ2v) is 7.10. The Bertz CT molecular complexity index is 1130. The highest BCUT2D eigenvalue weighted by Gasteiger charge is 2.23. The first kappa shape index (κ1) is 22.0. The summed E-state index contributed by atoms with van der Waals surface area (Å²) in [6.45, 7) is 1.27. The number of ether oxygens (including phenoxy) is 1. The molecular weight excluding hydrogens is 407 g/mol. The fourth-order valence-corrected chi connectivity index (χ4v) is 3.29. The first-order valence-electron chi connectivity index (χ1n) is 9.66. The minimum atomic E-state index is -0.783. The van der Waals surface area contributed by atoms with Gasteiger partial charge in [0.05, 0.1) is 11.3 Å². The predicted molar refractivity (Wildman–Crippen MR) is 112 cm³/mol. The van der Waals surface area contributed by atoms with Gasteiger partial charge in [-0.15, -0.1) is 0 Å². The number of aromatic nitrogens is 2. The molecule has 1 fully saturated rings. The van der Waals surface area contributed by atoms with Crippen molar-refractivity contribution in [3.05, 3.63) is 68.8 Å². The van der Waals surface area contributed by atoms with E-state index in [9.17, 15) is 23.6 Å². The minimum Gasteiger partial charge on any atom is -0.452 e. The molecule has 2 heterocycles. The van der Waals surface area contributed by atoms with Crippen LogP contribution in [0.3, 0.4) is 0 Å². The van der Waals surface area contributed by atoms with E-state index in [1.165, 1.54) is 37.0 Å². The summed E-state index contributed by atoms with van der Waals surface area (Å²) in [7, 11) is 2.83. The summed E-state index contributed by atoms with van der Waals surface area (Å²) in [6.07, 6.45) is 3.58. The molecule has 1 aliphatic rings. The second-order valence-electron chi connectivity index (χ2n) is 7.10. The average molecular weight is 430 g/mol. The van der Waals surface area contributed by atoms with E-state index in [1.54, 1.807) is 23.1 Å². The zero-order valence-electron chi connectivity index (χ0n) is 17.3. The van der Waals surface area contributed by atoms with E-state index < -0.39 is 23.8 Å². The number of nitrogens with zero attached hydrogens (tertiary/aromatic N) is 4. The number of hydrogen-bond donors (Lipinski definition) is 0. The fraction of sp³-hybridized carbons (Fsp3) is 0.333. The van der Waals surface area contributed by atoms with Gasteiger partial charge in [0.25, 0.3) is 11.5 Å². The van der Waals surface area contributed by atoms with Gasteiger partial charge < -0.3 is 19.1 Å². The van der Waals surface area contributed by atoms with Crippen LogP contribution in [-0.4, -0.2) is 58.7 Å². The van der Waals surface area contributed by atoms with Crippen LogP contribution >= 0.6 is 0 Å². The summed E-state index contributed by atoms with van der Waals surface area (Å²) in [6, 6.07) is 6.47. The number of benzene rings is 1. The zero-order chi connectivity index (χ0) is 22.5. The highest BCUT2D eigenvalue weighted by Crippen LogP contribution is 2.20. The number of aryl methyl sites for hydroxylation is 1. The normalized spacial score (nSPS) is 14.2. The number of para-hydroxylation sites is 1. The number of rotatable bonds is 5. The molecule has 0 N–H and O–H groups in total. The Labute approximate surface area is 177 Å². The number of hydrogen-bond acceptors (Lipinski definition) is 6. The molecule has 3 rings (SSSR count). The van der Waals surface area contributed by atoms with Crippen molar-refractivity contribution in [1.82, 2.24) is 14.0 Å². The molecule has 1 saturated heterocycles. The average Bonchev–Trinajstić information content (AvgIpc) is 2.78. The quantitative estimate of drug-likeness (QED) is 0.495. The summed E-state index contributed by atoms with van der Waals surface area (Å²) >= 11 is 0. The van der Waals surface area contributed by atoms with E-state index in [-0.39, 0.29) is 17.3 Å². The molecule has 0 saturated carbocycles. The van der Waals surface area contributed by atoms with Crippen molar-refractivity contribution in [2.75, 3.05) is 37.7 Å². The van der Waals surface area contributed by atoms with Crippen molar-refractivity contribution < 1.29 is 18.7 Å². The minimum absolute atomic E-state index is 0.136. The molecule has 2 aromatic rings. The molecule has 31 heavy (non-hydrogen) atoms. The molecule has 0 spiro atoms. The van der Waals surface area contributed by atoms with E-state index in [0.29, 0.717) is 31.9 Å². The maximum atomic E-state index is 13.9. The van der Waals surface area contributed by atoms with Crippen LogP contribution in [0.4, 0.5) is 10.1 Å². The molecule has 0 radical (unpaired) electrons. The Morgan fingerprint density at radius 3 is 2.45 bits per heavy atom. The first-order chi connectivity index (χ1) is 14.8. The largest absolute Gasteiger partial charge is 0.452 e. The SMILES string of the molecule is Cn1cc(/C=C/C(=O)OCC(=O)N2CCN(c3ccccc3F)CC2)c(=O)n(C)c1=O. The van der Waals surface area contributed by atoms with Gasteiger partial charge >= 0.3 is 11.7 Å². The number of carbonyl (C=O) groups excluding carboxylic acids is 2. The fourth-order valence-electron chi connectivity index (χ4n) is 3.29. The van der Waals surface area contributed by atoms with Crippen molar-refractivity contribution in [2.24, 2.45) is 14.1 Å². The molecule has 0 unspecified atom stereocenters. The molecule has 9 nitrogen and oxygen atoms in total. The molecule has 0 aliphatic carbocycles. The summed E-state index contributed by atoms with van der Waals surface area (Å²) in [4.78, 5) is 51.3. The van der Waals surface area contributed by atoms with Gasteiger partial charge in [0.15, 0.2) is 6.61 Å². The van der Waals surface area contributed by atoms with Crippen molar-refractivity contribution in [3.8, 4) is 0 Å². The van der Waals surface area contributed by atoms with Gasteiger partial charge in [-0.1, -0.05) is 12.1 Å². The van der Waals surface area contributed by atoms with Crippen molar-refractivity contribution in [1.29, 1.82) is 0 Å². The van der Waals surface area contributed by atoms with Crippen LogP contribution in [0.25, 0.3) is 6.08 Å². The van der Waals surface area contributed by atoms with Crippen LogP contribution in [0.15, 0.2) is 46.1 Å². The molecule has 0 atom stereocenters. The van der Waals surface area contributed by atoms with E-state index >= 15 is 0 Å². The predicted octanol–water partition coefficient (Wildman–Crippen LogP) is 0.128. The van der Waals surface area contributed by atoms with Gasteiger partial charge in [-0.3, -0.25) is 14.2 Å². The van der Waals surface area contributed by atoms with E-state index in [2.05, 4.69) is 0 Å². The summed E-state index contributed by atoms with van der Waals surface area (Å²) in [5.74, 6) is -1.45. The van der Waals surface area contributed by atoms with Crippen LogP contribution in [0, 0.1) is 5.82 Å². The lowest BCUT2D eigenvalue weighted by Crippen LogP contribution is -2.50. The van der Waals surface area contributed by atoms with Crippen LogP contribution in [0.2, 0.25) is 0 Å². The Morgan fingerprint density at radius 1 is 1.10 bits per heavy atom. The van der Waals surface area contributed by atoms with Crippen molar-refractivity contribution in [3.63, 3.8) is 0 Å². The van der Waals surface area contributed by atoms with E-state index in [1.807, 2.05) is 4.90 Å². The lowest BCUT2D eigenvalue weighted by Gasteiger charge is -2.36. The summed E-state index contributed by atoms with van der Waals surface area (Å²) in [5.41, 5.74) is -0.394. The van der Waals surface area contributed by atoms with Crippen LogP contribution in [0.5, 0.6) is 0 Å². The molecule has 10 heteroatoms. The molecule has 1 aromatic heterocycles. The van der Waals surface area contributed by atoms with Gasteiger partial charge in [0.2, 0.25) is 0 Å². The number of esters is 1. The molecular formula is C21H23FN4O5. The second kappa shape index (κ2) is 9.41. The highest BCUT2D eigenvalue weighted by atomic mass is 19.1. The molecule has 1 amide bonds. The zero-order valence-corrected chi connectivity index (χ0v) is 17.3. The highest BCUT2D eigenvalue weighted by molar-refractivity contribution is 5.89.